The maximum atomic E-state index is 13.5. The number of rotatable bonds is 3. The second-order valence-corrected chi connectivity index (χ2v) is 6.71. The van der Waals surface area contributed by atoms with Crippen LogP contribution in [0.3, 0.4) is 0 Å². The molecule has 0 bridgehead atoms. The second kappa shape index (κ2) is 6.80. The Bertz CT molecular complexity index is 948. The number of H-pyrrole nitrogens is 1. The quantitative estimate of drug-likeness (QED) is 0.647. The zero-order chi connectivity index (χ0) is 19.0. The highest BCUT2D eigenvalue weighted by molar-refractivity contribution is 5.90. The number of hydrogen-bond donors (Lipinski definition) is 3. The van der Waals surface area contributed by atoms with Crippen molar-refractivity contribution in [2.75, 3.05) is 5.32 Å². The van der Waals surface area contributed by atoms with Gasteiger partial charge < -0.3 is 10.4 Å². The van der Waals surface area contributed by atoms with Gasteiger partial charge in [0, 0.05) is 17.6 Å². The normalized spacial score (nSPS) is 20.7. The lowest BCUT2D eigenvalue weighted by molar-refractivity contribution is -0.137. The number of nitrogens with one attached hydrogen (secondary N) is 2. The van der Waals surface area contributed by atoms with E-state index in [0.717, 1.165) is 18.9 Å². The van der Waals surface area contributed by atoms with Crippen LogP contribution in [0.25, 0.3) is 22.4 Å². The SMILES string of the molecule is O[C@H]1CC[C@H](Nc2ccc(C(F)(F)F)c(-c3n[nH]c4ncccc34)n2)CC1. The number of alkyl halides is 3. The summed E-state index contributed by atoms with van der Waals surface area (Å²) in [5.74, 6) is 0.361. The van der Waals surface area contributed by atoms with Gasteiger partial charge in [0.1, 0.15) is 17.2 Å². The number of aromatic nitrogens is 4. The lowest BCUT2D eigenvalue weighted by atomic mass is 9.93. The van der Waals surface area contributed by atoms with E-state index in [1.807, 2.05) is 0 Å². The molecule has 3 heterocycles. The Hall–Kier alpha value is -2.68. The van der Waals surface area contributed by atoms with Gasteiger partial charge in [-0.15, -0.1) is 0 Å². The smallest absolute Gasteiger partial charge is 0.393 e. The first-order chi connectivity index (χ1) is 12.9. The van der Waals surface area contributed by atoms with Gasteiger partial charge in [0.15, 0.2) is 5.65 Å². The fourth-order valence-corrected chi connectivity index (χ4v) is 3.41. The Balaban J connectivity index is 1.74. The van der Waals surface area contributed by atoms with Crippen LogP contribution in [0.15, 0.2) is 30.5 Å². The van der Waals surface area contributed by atoms with Crippen LogP contribution in [0.2, 0.25) is 0 Å². The summed E-state index contributed by atoms with van der Waals surface area (Å²) in [6, 6.07) is 5.74. The molecule has 1 aliphatic rings. The highest BCUT2D eigenvalue weighted by Gasteiger charge is 2.36. The number of nitrogens with zero attached hydrogens (tertiary/aromatic N) is 3. The molecule has 0 unspecified atom stereocenters. The molecule has 0 aliphatic heterocycles. The van der Waals surface area contributed by atoms with Gasteiger partial charge in [0.25, 0.3) is 0 Å². The van der Waals surface area contributed by atoms with Gasteiger partial charge in [-0.25, -0.2) is 9.97 Å². The fraction of sp³-hybridized carbons (Fsp3) is 0.389. The third kappa shape index (κ3) is 3.59. The Morgan fingerprint density at radius 1 is 1.07 bits per heavy atom. The topological polar surface area (TPSA) is 86.7 Å². The summed E-state index contributed by atoms with van der Waals surface area (Å²) >= 11 is 0. The van der Waals surface area contributed by atoms with E-state index >= 15 is 0 Å². The van der Waals surface area contributed by atoms with Crippen molar-refractivity contribution in [3.63, 3.8) is 0 Å². The van der Waals surface area contributed by atoms with Crippen LogP contribution in [0.4, 0.5) is 19.0 Å². The highest BCUT2D eigenvalue weighted by atomic mass is 19.4. The summed E-state index contributed by atoms with van der Waals surface area (Å²) in [5.41, 5.74) is -0.554. The minimum atomic E-state index is -4.55. The first-order valence-corrected chi connectivity index (χ1v) is 8.74. The largest absolute Gasteiger partial charge is 0.418 e. The van der Waals surface area contributed by atoms with E-state index < -0.39 is 11.7 Å². The van der Waals surface area contributed by atoms with Crippen molar-refractivity contribution in [3.8, 4) is 11.4 Å². The number of fused-ring (bicyclic) bond motifs is 1. The Morgan fingerprint density at radius 3 is 2.59 bits per heavy atom. The van der Waals surface area contributed by atoms with Gasteiger partial charge in [-0.05, 0) is 49.9 Å². The number of aliphatic hydroxyl groups is 1. The lowest BCUT2D eigenvalue weighted by Gasteiger charge is -2.27. The summed E-state index contributed by atoms with van der Waals surface area (Å²) in [6.45, 7) is 0. The Labute approximate surface area is 152 Å². The van der Waals surface area contributed by atoms with Crippen LogP contribution in [0.5, 0.6) is 0 Å². The first kappa shape index (κ1) is 17.7. The molecule has 0 atom stereocenters. The van der Waals surface area contributed by atoms with Gasteiger partial charge in [-0.3, -0.25) is 5.10 Å². The van der Waals surface area contributed by atoms with Crippen LogP contribution in [0, 0.1) is 0 Å². The highest BCUT2D eigenvalue weighted by Crippen LogP contribution is 2.38. The van der Waals surface area contributed by atoms with Crippen LogP contribution in [0.1, 0.15) is 31.2 Å². The van der Waals surface area contributed by atoms with Crippen molar-refractivity contribution in [3.05, 3.63) is 36.0 Å². The van der Waals surface area contributed by atoms with Gasteiger partial charge in [-0.1, -0.05) is 0 Å². The van der Waals surface area contributed by atoms with Crippen molar-refractivity contribution in [1.82, 2.24) is 20.2 Å². The number of halogens is 3. The number of aliphatic hydroxyl groups excluding tert-OH is 1. The predicted octanol–water partition coefficient (Wildman–Crippen LogP) is 3.75. The maximum Gasteiger partial charge on any atom is 0.418 e. The van der Waals surface area contributed by atoms with Crippen molar-refractivity contribution in [1.29, 1.82) is 0 Å². The van der Waals surface area contributed by atoms with Gasteiger partial charge in [0.2, 0.25) is 0 Å². The van der Waals surface area contributed by atoms with Crippen molar-refractivity contribution in [2.45, 2.75) is 44.0 Å². The summed E-state index contributed by atoms with van der Waals surface area (Å²) in [4.78, 5) is 8.32. The molecule has 3 aromatic rings. The third-order valence-electron chi connectivity index (χ3n) is 4.81. The average molecular weight is 377 g/mol. The summed E-state index contributed by atoms with van der Waals surface area (Å²) in [5, 5.41) is 20.0. The summed E-state index contributed by atoms with van der Waals surface area (Å²) in [7, 11) is 0. The van der Waals surface area contributed by atoms with E-state index in [4.69, 9.17) is 0 Å². The molecule has 0 saturated heterocycles. The first-order valence-electron chi connectivity index (χ1n) is 8.74. The zero-order valence-corrected chi connectivity index (χ0v) is 14.3. The maximum absolute atomic E-state index is 13.5. The lowest BCUT2D eigenvalue weighted by Crippen LogP contribution is -2.28. The molecule has 0 spiro atoms. The predicted molar refractivity (Wildman–Crippen MR) is 94.0 cm³/mol. The molecular weight excluding hydrogens is 359 g/mol. The van der Waals surface area contributed by atoms with E-state index in [0.29, 0.717) is 29.7 Å². The molecular formula is C18H18F3N5O. The van der Waals surface area contributed by atoms with Crippen LogP contribution < -0.4 is 5.32 Å². The molecule has 1 fully saturated rings. The summed E-state index contributed by atoms with van der Waals surface area (Å²) < 4.78 is 40.6. The number of aromatic amines is 1. The van der Waals surface area contributed by atoms with E-state index in [1.165, 1.54) is 12.3 Å². The molecule has 4 rings (SSSR count). The molecule has 1 aliphatic carbocycles. The third-order valence-corrected chi connectivity index (χ3v) is 4.81. The Morgan fingerprint density at radius 2 is 1.85 bits per heavy atom. The molecule has 27 heavy (non-hydrogen) atoms. The minimum absolute atomic E-state index is 0.0723. The zero-order valence-electron chi connectivity index (χ0n) is 14.3. The number of anilines is 1. The van der Waals surface area contributed by atoms with Crippen molar-refractivity contribution >= 4 is 16.9 Å². The minimum Gasteiger partial charge on any atom is -0.393 e. The van der Waals surface area contributed by atoms with E-state index in [-0.39, 0.29) is 23.5 Å². The van der Waals surface area contributed by atoms with Crippen molar-refractivity contribution in [2.24, 2.45) is 0 Å². The van der Waals surface area contributed by atoms with Crippen molar-refractivity contribution < 1.29 is 18.3 Å². The number of pyridine rings is 2. The standard InChI is InChI=1S/C18H18F3N5O/c19-18(20,21)13-7-8-14(23-10-3-5-11(27)6-4-10)24-16(13)15-12-2-1-9-22-17(12)26-25-15/h1-2,7-11,27H,3-6H2,(H,23,24)(H,22,25,26)/t10-,11-. The molecule has 6 nitrogen and oxygen atoms in total. The monoisotopic (exact) mass is 377 g/mol. The van der Waals surface area contributed by atoms with Crippen LogP contribution in [-0.2, 0) is 6.18 Å². The molecule has 0 amide bonds. The molecule has 142 valence electrons. The Kier molecular flexibility index (Phi) is 4.47. The number of hydrogen-bond acceptors (Lipinski definition) is 5. The van der Waals surface area contributed by atoms with Crippen LogP contribution in [-0.4, -0.2) is 37.4 Å². The van der Waals surface area contributed by atoms with E-state index in [2.05, 4.69) is 25.5 Å². The van der Waals surface area contributed by atoms with Gasteiger partial charge >= 0.3 is 6.18 Å². The van der Waals surface area contributed by atoms with E-state index in [9.17, 15) is 18.3 Å². The van der Waals surface area contributed by atoms with Gasteiger partial charge in [-0.2, -0.15) is 18.3 Å². The molecule has 1 saturated carbocycles. The van der Waals surface area contributed by atoms with Gasteiger partial charge in [0.05, 0.1) is 11.7 Å². The molecule has 0 aromatic carbocycles. The molecule has 9 heteroatoms. The fourth-order valence-electron chi connectivity index (χ4n) is 3.41. The molecule has 3 N–H and O–H groups in total. The average Bonchev–Trinajstić information content (AvgIpc) is 3.07. The second-order valence-electron chi connectivity index (χ2n) is 6.71. The van der Waals surface area contributed by atoms with E-state index in [1.54, 1.807) is 12.1 Å². The van der Waals surface area contributed by atoms with Crippen LogP contribution >= 0.6 is 0 Å². The molecule has 3 aromatic heterocycles. The molecule has 0 radical (unpaired) electrons. The summed E-state index contributed by atoms with van der Waals surface area (Å²) in [6.07, 6.45) is -0.492.